The van der Waals surface area contributed by atoms with Gasteiger partial charge < -0.3 is 4.90 Å². The number of anilines is 2. The van der Waals surface area contributed by atoms with Gasteiger partial charge >= 0.3 is 0 Å². The predicted molar refractivity (Wildman–Crippen MR) is 104 cm³/mol. The van der Waals surface area contributed by atoms with Crippen LogP contribution in [-0.2, 0) is 4.79 Å². The van der Waals surface area contributed by atoms with Gasteiger partial charge in [0.1, 0.15) is 0 Å². The maximum Gasteiger partial charge on any atom is 0.299 e. The highest BCUT2D eigenvalue weighted by molar-refractivity contribution is 6.71. The number of benzene rings is 2. The average Bonchev–Trinajstić information content (AvgIpc) is 2.83. The number of aliphatic imine (C=N–C) groups is 1. The minimum atomic E-state index is -0.198. The molecule has 1 heterocycles. The predicted octanol–water partition coefficient (Wildman–Crippen LogP) is 3.86. The van der Waals surface area contributed by atoms with E-state index in [1.165, 1.54) is 10.7 Å². The lowest BCUT2D eigenvalue weighted by Gasteiger charge is -2.19. The van der Waals surface area contributed by atoms with Crippen LogP contribution < -0.4 is 9.91 Å². The summed E-state index contributed by atoms with van der Waals surface area (Å²) in [5.74, 6) is -0.198. The van der Waals surface area contributed by atoms with Crippen LogP contribution in [-0.4, -0.2) is 31.4 Å². The van der Waals surface area contributed by atoms with Crippen molar-refractivity contribution >= 4 is 34.4 Å². The molecule has 0 aromatic heterocycles. The van der Waals surface area contributed by atoms with Gasteiger partial charge in [-0.2, -0.15) is 10.1 Å². The fourth-order valence-electron chi connectivity index (χ4n) is 3.20. The van der Waals surface area contributed by atoms with E-state index in [9.17, 15) is 4.79 Å². The summed E-state index contributed by atoms with van der Waals surface area (Å²) in [6, 6.07) is 13.4. The van der Waals surface area contributed by atoms with Crippen LogP contribution in [0.1, 0.15) is 18.1 Å². The average molecular weight is 334 g/mol. The Hall–Kier alpha value is -2.95. The van der Waals surface area contributed by atoms with Crippen LogP contribution >= 0.6 is 0 Å². The van der Waals surface area contributed by atoms with Crippen molar-refractivity contribution in [3.8, 4) is 0 Å². The van der Waals surface area contributed by atoms with Crippen LogP contribution in [0.5, 0.6) is 0 Å². The molecule has 0 N–H and O–H groups in total. The minimum Gasteiger partial charge on any atom is -0.377 e. The van der Waals surface area contributed by atoms with Crippen LogP contribution in [0, 0.1) is 13.8 Å². The highest BCUT2D eigenvalue weighted by Gasteiger charge is 2.30. The van der Waals surface area contributed by atoms with E-state index in [-0.39, 0.29) is 5.91 Å². The molecule has 0 aliphatic carbocycles. The zero-order valence-corrected chi connectivity index (χ0v) is 15.2. The lowest BCUT2D eigenvalue weighted by Crippen LogP contribution is -2.27. The molecule has 0 saturated heterocycles. The number of hydrogen-bond acceptors (Lipinski definition) is 4. The number of amides is 1. The van der Waals surface area contributed by atoms with E-state index in [4.69, 9.17) is 0 Å². The van der Waals surface area contributed by atoms with Crippen LogP contribution in [0.15, 0.2) is 52.6 Å². The number of aryl methyl sites for hydroxylation is 2. The molecule has 2 aromatic rings. The fourth-order valence-corrected chi connectivity index (χ4v) is 3.20. The van der Waals surface area contributed by atoms with Crippen molar-refractivity contribution in [1.82, 2.24) is 0 Å². The van der Waals surface area contributed by atoms with Crippen molar-refractivity contribution in [2.45, 2.75) is 20.8 Å². The molecule has 1 aliphatic heterocycles. The lowest BCUT2D eigenvalue weighted by atomic mass is 10.1. The van der Waals surface area contributed by atoms with Gasteiger partial charge in [0, 0.05) is 19.8 Å². The van der Waals surface area contributed by atoms with Crippen LogP contribution in [0.4, 0.5) is 17.1 Å². The van der Waals surface area contributed by atoms with E-state index in [0.29, 0.717) is 11.4 Å². The van der Waals surface area contributed by atoms with Gasteiger partial charge in [-0.15, -0.1) is 0 Å². The molecule has 1 amide bonds. The molecule has 0 bridgehead atoms. The normalized spacial score (nSPS) is 15.7. The minimum absolute atomic E-state index is 0.198. The maximum atomic E-state index is 12.7. The fraction of sp³-hybridized carbons (Fsp3) is 0.250. The Bertz CT molecular complexity index is 859. The van der Waals surface area contributed by atoms with Crippen LogP contribution in [0.25, 0.3) is 0 Å². The van der Waals surface area contributed by atoms with E-state index in [0.717, 1.165) is 22.5 Å². The molecule has 0 radical (unpaired) electrons. The smallest absolute Gasteiger partial charge is 0.299 e. The molecule has 0 unspecified atom stereocenters. The maximum absolute atomic E-state index is 12.7. The first kappa shape index (κ1) is 16.9. The van der Waals surface area contributed by atoms with Crippen molar-refractivity contribution in [2.24, 2.45) is 10.1 Å². The second-order valence-corrected chi connectivity index (χ2v) is 6.42. The largest absolute Gasteiger partial charge is 0.377 e. The Labute approximate surface area is 148 Å². The van der Waals surface area contributed by atoms with E-state index in [2.05, 4.69) is 28.8 Å². The highest BCUT2D eigenvalue weighted by Crippen LogP contribution is 2.29. The molecule has 2 aromatic carbocycles. The lowest BCUT2D eigenvalue weighted by molar-refractivity contribution is -0.112. The number of rotatable bonds is 3. The van der Waals surface area contributed by atoms with Gasteiger partial charge in [0.15, 0.2) is 5.71 Å². The molecule has 25 heavy (non-hydrogen) atoms. The van der Waals surface area contributed by atoms with Crippen molar-refractivity contribution in [3.63, 3.8) is 0 Å². The molecule has 0 spiro atoms. The summed E-state index contributed by atoms with van der Waals surface area (Å²) >= 11 is 0. The molecule has 5 nitrogen and oxygen atoms in total. The molecule has 0 saturated carbocycles. The first-order valence-electron chi connectivity index (χ1n) is 8.21. The number of para-hydroxylation sites is 1. The standard InChI is InChI=1S/C20H22N4O/c1-13-11-16(12-14(2)19(13)23(4)5)21-18-15(3)22-24(20(18)25)17-9-7-6-8-10-17/h6-12H,1-5H3. The molecular formula is C20H22N4O. The van der Waals surface area contributed by atoms with Gasteiger partial charge in [-0.3, -0.25) is 4.79 Å². The zero-order valence-electron chi connectivity index (χ0n) is 15.2. The Morgan fingerprint density at radius 2 is 1.60 bits per heavy atom. The molecule has 3 rings (SSSR count). The van der Waals surface area contributed by atoms with Gasteiger partial charge in [-0.1, -0.05) is 18.2 Å². The van der Waals surface area contributed by atoms with E-state index < -0.39 is 0 Å². The third-order valence-corrected chi connectivity index (χ3v) is 4.15. The summed E-state index contributed by atoms with van der Waals surface area (Å²) in [4.78, 5) is 19.4. The molecule has 0 atom stereocenters. The number of hydrogen-bond donors (Lipinski definition) is 0. The van der Waals surface area contributed by atoms with Crippen LogP contribution in [0.3, 0.4) is 0 Å². The Balaban J connectivity index is 1.98. The van der Waals surface area contributed by atoms with Crippen molar-refractivity contribution in [3.05, 3.63) is 53.6 Å². The monoisotopic (exact) mass is 334 g/mol. The number of hydrazone groups is 1. The number of nitrogens with zero attached hydrogens (tertiary/aromatic N) is 4. The first-order chi connectivity index (χ1) is 11.9. The van der Waals surface area contributed by atoms with E-state index in [1.807, 2.05) is 63.5 Å². The second-order valence-electron chi connectivity index (χ2n) is 6.42. The van der Waals surface area contributed by atoms with Crippen molar-refractivity contribution in [1.29, 1.82) is 0 Å². The first-order valence-corrected chi connectivity index (χ1v) is 8.21. The summed E-state index contributed by atoms with van der Waals surface area (Å²) in [6.45, 7) is 5.92. The van der Waals surface area contributed by atoms with Gasteiger partial charge in [0.05, 0.1) is 17.1 Å². The second kappa shape index (κ2) is 6.51. The summed E-state index contributed by atoms with van der Waals surface area (Å²) < 4.78 is 0. The Kier molecular flexibility index (Phi) is 4.40. The Morgan fingerprint density at radius 3 is 2.16 bits per heavy atom. The van der Waals surface area contributed by atoms with Gasteiger partial charge in [0.2, 0.25) is 0 Å². The number of carbonyl (C=O) groups is 1. The zero-order chi connectivity index (χ0) is 18.1. The van der Waals surface area contributed by atoms with Gasteiger partial charge in [0.25, 0.3) is 5.91 Å². The topological polar surface area (TPSA) is 48.3 Å². The summed E-state index contributed by atoms with van der Waals surface area (Å²) in [6.07, 6.45) is 0. The molecule has 0 fully saturated rings. The highest BCUT2D eigenvalue weighted by atomic mass is 16.2. The van der Waals surface area contributed by atoms with Crippen molar-refractivity contribution in [2.75, 3.05) is 24.0 Å². The van der Waals surface area contributed by atoms with E-state index in [1.54, 1.807) is 0 Å². The van der Waals surface area contributed by atoms with Crippen LogP contribution in [0.2, 0.25) is 0 Å². The molecule has 128 valence electrons. The molecular weight excluding hydrogens is 312 g/mol. The van der Waals surface area contributed by atoms with E-state index >= 15 is 0 Å². The van der Waals surface area contributed by atoms with Gasteiger partial charge in [-0.05, 0) is 56.2 Å². The SMILES string of the molecule is CC1=NN(c2ccccc2)C(=O)C1=Nc1cc(C)c(N(C)C)c(C)c1. The third-order valence-electron chi connectivity index (χ3n) is 4.15. The van der Waals surface area contributed by atoms with Crippen molar-refractivity contribution < 1.29 is 4.79 Å². The molecule has 1 aliphatic rings. The van der Waals surface area contributed by atoms with Gasteiger partial charge in [-0.25, -0.2) is 4.99 Å². The molecule has 5 heteroatoms. The quantitative estimate of drug-likeness (QED) is 0.855. The summed E-state index contributed by atoms with van der Waals surface area (Å²) in [5, 5.41) is 5.77. The Morgan fingerprint density at radius 1 is 1.00 bits per heavy atom. The number of carbonyl (C=O) groups excluding carboxylic acids is 1. The third kappa shape index (κ3) is 3.18. The summed E-state index contributed by atoms with van der Waals surface area (Å²) in [5.41, 5.74) is 5.97. The summed E-state index contributed by atoms with van der Waals surface area (Å²) in [7, 11) is 4.05.